The Kier molecular flexibility index (Phi) is 5.70. The highest BCUT2D eigenvalue weighted by atomic mass is 79.9. The molecule has 0 spiro atoms. The zero-order valence-corrected chi connectivity index (χ0v) is 10.8. The normalized spacial score (nSPS) is 13.1. The average molecular weight is 277 g/mol. The van der Waals surface area contributed by atoms with E-state index in [2.05, 4.69) is 33.4 Å². The zero-order valence-electron chi connectivity index (χ0n) is 8.42. The molecule has 2 nitrogen and oxygen atoms in total. The Morgan fingerprint density at radius 3 is 2.86 bits per heavy atom. The summed E-state index contributed by atoms with van der Waals surface area (Å²) >= 11 is 5.26. The van der Waals surface area contributed by atoms with Crippen molar-refractivity contribution in [2.75, 3.05) is 13.1 Å². The molecule has 1 unspecified atom stereocenters. The fourth-order valence-corrected chi connectivity index (χ4v) is 2.64. The van der Waals surface area contributed by atoms with Crippen molar-refractivity contribution in [1.29, 1.82) is 0 Å². The summed E-state index contributed by atoms with van der Waals surface area (Å²) in [5, 5.41) is 3.39. The first-order valence-electron chi connectivity index (χ1n) is 4.89. The molecule has 3 N–H and O–H groups in total. The van der Waals surface area contributed by atoms with Gasteiger partial charge in [0.15, 0.2) is 0 Å². The van der Waals surface area contributed by atoms with Crippen LogP contribution in [-0.4, -0.2) is 19.1 Å². The summed E-state index contributed by atoms with van der Waals surface area (Å²) in [6.07, 6.45) is 2.16. The highest BCUT2D eigenvalue weighted by Crippen LogP contribution is 2.21. The molecule has 4 heteroatoms. The van der Waals surface area contributed by atoms with E-state index in [1.807, 2.05) is 6.92 Å². The van der Waals surface area contributed by atoms with Crippen molar-refractivity contribution in [3.63, 3.8) is 0 Å². The Balaban J connectivity index is 2.04. The number of nitrogens with two attached hydrogens (primary N) is 1. The van der Waals surface area contributed by atoms with Crippen molar-refractivity contribution in [3.8, 4) is 0 Å². The molecule has 0 saturated carbocycles. The fraction of sp³-hybridized carbons (Fsp3) is 0.600. The first-order chi connectivity index (χ1) is 6.68. The number of hydrogen-bond donors (Lipinski definition) is 2. The third-order valence-corrected chi connectivity index (χ3v) is 3.64. The minimum Gasteiger partial charge on any atom is -0.328 e. The van der Waals surface area contributed by atoms with Crippen molar-refractivity contribution < 1.29 is 0 Å². The number of rotatable bonds is 6. The summed E-state index contributed by atoms with van der Waals surface area (Å²) in [5.74, 6) is 0. The molecular weight excluding hydrogens is 260 g/mol. The lowest BCUT2D eigenvalue weighted by Gasteiger charge is -2.05. The van der Waals surface area contributed by atoms with Crippen LogP contribution in [0.2, 0.25) is 0 Å². The van der Waals surface area contributed by atoms with Gasteiger partial charge in [0.05, 0.1) is 3.79 Å². The summed E-state index contributed by atoms with van der Waals surface area (Å²) in [6, 6.07) is 4.57. The van der Waals surface area contributed by atoms with Crippen LogP contribution in [-0.2, 0) is 6.42 Å². The van der Waals surface area contributed by atoms with E-state index in [1.165, 1.54) is 8.66 Å². The smallest absolute Gasteiger partial charge is 0.0701 e. The van der Waals surface area contributed by atoms with Crippen LogP contribution in [0.3, 0.4) is 0 Å². The van der Waals surface area contributed by atoms with Crippen LogP contribution in [0.4, 0.5) is 0 Å². The average Bonchev–Trinajstić information content (AvgIpc) is 2.50. The quantitative estimate of drug-likeness (QED) is 0.783. The van der Waals surface area contributed by atoms with Gasteiger partial charge in [0.2, 0.25) is 0 Å². The molecule has 1 rings (SSSR count). The van der Waals surface area contributed by atoms with E-state index in [4.69, 9.17) is 5.73 Å². The van der Waals surface area contributed by atoms with Gasteiger partial charge in [-0.1, -0.05) is 0 Å². The summed E-state index contributed by atoms with van der Waals surface area (Å²) in [4.78, 5) is 1.42. The Morgan fingerprint density at radius 1 is 1.50 bits per heavy atom. The summed E-state index contributed by atoms with van der Waals surface area (Å²) < 4.78 is 1.21. The largest absolute Gasteiger partial charge is 0.328 e. The standard InChI is InChI=1S/C10H17BrN2S/c1-8(12)4-6-13-7-5-9-2-3-10(11)14-9/h2-3,8,13H,4-7,12H2,1H3. The fourth-order valence-electron chi connectivity index (χ4n) is 1.15. The van der Waals surface area contributed by atoms with Crippen LogP contribution in [0.5, 0.6) is 0 Å². The third kappa shape index (κ3) is 5.10. The number of halogens is 1. The van der Waals surface area contributed by atoms with Crippen molar-refractivity contribution in [2.45, 2.75) is 25.8 Å². The lowest BCUT2D eigenvalue weighted by molar-refractivity contribution is 0.591. The van der Waals surface area contributed by atoms with Gasteiger partial charge in [-0.15, -0.1) is 11.3 Å². The summed E-state index contributed by atoms with van der Waals surface area (Å²) in [7, 11) is 0. The Labute approximate surface area is 98.0 Å². The second kappa shape index (κ2) is 6.56. The zero-order chi connectivity index (χ0) is 10.4. The van der Waals surface area contributed by atoms with Crippen LogP contribution >= 0.6 is 27.3 Å². The molecule has 0 aliphatic heterocycles. The molecule has 1 aromatic rings. The van der Waals surface area contributed by atoms with Gasteiger partial charge < -0.3 is 11.1 Å². The predicted molar refractivity (Wildman–Crippen MR) is 66.9 cm³/mol. The Morgan fingerprint density at radius 2 is 2.29 bits per heavy atom. The molecular formula is C10H17BrN2S. The first kappa shape index (κ1) is 12.2. The second-order valence-electron chi connectivity index (χ2n) is 3.47. The van der Waals surface area contributed by atoms with Gasteiger partial charge in [0, 0.05) is 10.9 Å². The van der Waals surface area contributed by atoms with Gasteiger partial charge in [-0.2, -0.15) is 0 Å². The first-order valence-corrected chi connectivity index (χ1v) is 6.50. The van der Waals surface area contributed by atoms with E-state index >= 15 is 0 Å². The monoisotopic (exact) mass is 276 g/mol. The third-order valence-electron chi connectivity index (χ3n) is 1.95. The lowest BCUT2D eigenvalue weighted by atomic mass is 10.2. The lowest BCUT2D eigenvalue weighted by Crippen LogP contribution is -2.25. The van der Waals surface area contributed by atoms with Gasteiger partial charge in [-0.05, 0) is 60.9 Å². The van der Waals surface area contributed by atoms with Crippen LogP contribution in [0, 0.1) is 0 Å². The molecule has 14 heavy (non-hydrogen) atoms. The molecule has 0 fully saturated rings. The molecule has 80 valence electrons. The minimum absolute atomic E-state index is 0.304. The maximum absolute atomic E-state index is 5.64. The van der Waals surface area contributed by atoms with E-state index in [0.717, 1.165) is 25.9 Å². The van der Waals surface area contributed by atoms with Gasteiger partial charge in [-0.25, -0.2) is 0 Å². The molecule has 0 saturated heterocycles. The molecule has 0 aliphatic carbocycles. The van der Waals surface area contributed by atoms with Gasteiger partial charge >= 0.3 is 0 Å². The molecule has 0 aliphatic rings. The van der Waals surface area contributed by atoms with E-state index in [9.17, 15) is 0 Å². The number of hydrogen-bond acceptors (Lipinski definition) is 3. The second-order valence-corrected chi connectivity index (χ2v) is 6.02. The van der Waals surface area contributed by atoms with Crippen molar-refractivity contribution in [3.05, 3.63) is 20.8 Å². The molecule has 1 atom stereocenters. The summed E-state index contributed by atoms with van der Waals surface area (Å²) in [5.41, 5.74) is 5.64. The molecule has 1 heterocycles. The molecule has 0 radical (unpaired) electrons. The molecule has 1 aromatic heterocycles. The molecule has 0 bridgehead atoms. The van der Waals surface area contributed by atoms with Gasteiger partial charge in [0.25, 0.3) is 0 Å². The highest BCUT2D eigenvalue weighted by Gasteiger charge is 1.97. The predicted octanol–water partition coefficient (Wildman–Crippen LogP) is 2.38. The molecule has 0 aromatic carbocycles. The van der Waals surface area contributed by atoms with Gasteiger partial charge in [0.1, 0.15) is 0 Å². The SMILES string of the molecule is CC(N)CCNCCc1ccc(Br)s1. The van der Waals surface area contributed by atoms with E-state index in [0.29, 0.717) is 6.04 Å². The van der Waals surface area contributed by atoms with Gasteiger partial charge in [-0.3, -0.25) is 0 Å². The highest BCUT2D eigenvalue weighted by molar-refractivity contribution is 9.11. The van der Waals surface area contributed by atoms with Crippen LogP contribution in [0.15, 0.2) is 15.9 Å². The number of nitrogens with one attached hydrogen (secondary N) is 1. The van der Waals surface area contributed by atoms with Crippen LogP contribution in [0.25, 0.3) is 0 Å². The maximum atomic E-state index is 5.64. The van der Waals surface area contributed by atoms with Crippen molar-refractivity contribution in [1.82, 2.24) is 5.32 Å². The topological polar surface area (TPSA) is 38.0 Å². The van der Waals surface area contributed by atoms with E-state index in [1.54, 1.807) is 11.3 Å². The van der Waals surface area contributed by atoms with E-state index in [-0.39, 0.29) is 0 Å². The van der Waals surface area contributed by atoms with E-state index < -0.39 is 0 Å². The summed E-state index contributed by atoms with van der Waals surface area (Å²) in [6.45, 7) is 4.10. The maximum Gasteiger partial charge on any atom is 0.0701 e. The van der Waals surface area contributed by atoms with Crippen molar-refractivity contribution in [2.24, 2.45) is 5.73 Å². The van der Waals surface area contributed by atoms with Crippen LogP contribution in [0.1, 0.15) is 18.2 Å². The van der Waals surface area contributed by atoms with Crippen LogP contribution < -0.4 is 11.1 Å². The minimum atomic E-state index is 0.304. The molecule has 0 amide bonds. The number of thiophene rings is 1. The Hall–Kier alpha value is 0.1000. The Bertz CT molecular complexity index is 260. The van der Waals surface area contributed by atoms with Crippen molar-refractivity contribution >= 4 is 27.3 Å².